The van der Waals surface area contributed by atoms with Gasteiger partial charge >= 0.3 is 0 Å². The number of hydrogen-bond donors (Lipinski definition) is 3. The maximum Gasteiger partial charge on any atom is 0.269 e. The van der Waals surface area contributed by atoms with Gasteiger partial charge < -0.3 is 21.1 Å². The molecule has 1 aliphatic carbocycles. The fourth-order valence-electron chi connectivity index (χ4n) is 5.31. The molecular weight excluding hydrogens is 478 g/mol. The SMILES string of the molecule is Cc1cc(C(N)=O)nn1-c1ccc(C[C@]2(C(=O)N3CCNC(CO)C3)C=CC(c3ccccc3)=CC2)cc1. The van der Waals surface area contributed by atoms with Crippen molar-refractivity contribution in [3.63, 3.8) is 0 Å². The highest BCUT2D eigenvalue weighted by Gasteiger charge is 2.41. The molecule has 1 aliphatic heterocycles. The van der Waals surface area contributed by atoms with Crippen LogP contribution in [0.1, 0.15) is 33.7 Å². The molecule has 8 nitrogen and oxygen atoms in total. The molecule has 3 aromatic rings. The maximum atomic E-state index is 14.1. The lowest BCUT2D eigenvalue weighted by molar-refractivity contribution is -0.140. The summed E-state index contributed by atoms with van der Waals surface area (Å²) in [6.45, 7) is 3.63. The number of aromatic nitrogens is 2. The van der Waals surface area contributed by atoms with Crippen LogP contribution in [0.25, 0.3) is 11.3 Å². The summed E-state index contributed by atoms with van der Waals surface area (Å²) in [4.78, 5) is 27.5. The summed E-state index contributed by atoms with van der Waals surface area (Å²) in [6, 6.07) is 19.6. The molecule has 2 aliphatic rings. The number of aliphatic hydroxyl groups is 1. The van der Waals surface area contributed by atoms with Crippen LogP contribution in [0.15, 0.2) is 78.9 Å². The van der Waals surface area contributed by atoms with Crippen molar-refractivity contribution in [3.05, 3.63) is 101 Å². The average molecular weight is 512 g/mol. The highest BCUT2D eigenvalue weighted by molar-refractivity contribution is 5.91. The Morgan fingerprint density at radius 2 is 1.92 bits per heavy atom. The fourth-order valence-corrected chi connectivity index (χ4v) is 5.31. The molecule has 1 fully saturated rings. The van der Waals surface area contributed by atoms with E-state index in [0.29, 0.717) is 32.5 Å². The molecule has 196 valence electrons. The van der Waals surface area contributed by atoms with Crippen LogP contribution in [0.3, 0.4) is 0 Å². The van der Waals surface area contributed by atoms with Gasteiger partial charge in [0.1, 0.15) is 0 Å². The third-order valence-corrected chi connectivity index (χ3v) is 7.40. The van der Waals surface area contributed by atoms with Crippen LogP contribution in [0.4, 0.5) is 0 Å². The van der Waals surface area contributed by atoms with Gasteiger partial charge in [0.25, 0.3) is 5.91 Å². The third-order valence-electron chi connectivity index (χ3n) is 7.40. The van der Waals surface area contributed by atoms with Gasteiger partial charge in [0.2, 0.25) is 5.91 Å². The van der Waals surface area contributed by atoms with E-state index < -0.39 is 11.3 Å². The van der Waals surface area contributed by atoms with Crippen molar-refractivity contribution in [2.45, 2.75) is 25.8 Å². The van der Waals surface area contributed by atoms with E-state index in [-0.39, 0.29) is 24.2 Å². The minimum Gasteiger partial charge on any atom is -0.395 e. The van der Waals surface area contributed by atoms with E-state index in [2.05, 4.69) is 40.8 Å². The lowest BCUT2D eigenvalue weighted by Gasteiger charge is -2.40. The molecule has 2 amide bonds. The van der Waals surface area contributed by atoms with Crippen molar-refractivity contribution in [1.82, 2.24) is 20.0 Å². The normalized spacial score (nSPS) is 21.3. The molecule has 4 N–H and O–H groups in total. The van der Waals surface area contributed by atoms with Crippen LogP contribution in [0, 0.1) is 12.3 Å². The molecule has 8 heteroatoms. The first-order valence-corrected chi connectivity index (χ1v) is 12.9. The van der Waals surface area contributed by atoms with E-state index in [1.807, 2.05) is 54.3 Å². The van der Waals surface area contributed by atoms with Gasteiger partial charge in [0, 0.05) is 31.4 Å². The number of nitrogens with two attached hydrogens (primary N) is 1. The van der Waals surface area contributed by atoms with Gasteiger partial charge in [-0.25, -0.2) is 4.68 Å². The minimum atomic E-state index is -0.724. The van der Waals surface area contributed by atoms with Crippen molar-refractivity contribution in [1.29, 1.82) is 0 Å². The first-order valence-electron chi connectivity index (χ1n) is 12.9. The number of allylic oxidation sites excluding steroid dienone is 3. The Hall–Kier alpha value is -4.01. The van der Waals surface area contributed by atoms with Crippen LogP contribution in [0.5, 0.6) is 0 Å². The molecule has 38 heavy (non-hydrogen) atoms. The minimum absolute atomic E-state index is 0.00352. The quantitative estimate of drug-likeness (QED) is 0.451. The number of benzene rings is 2. The standard InChI is InChI=1S/C30H33N5O3/c1-21-17-27(28(31)37)33-35(21)26-9-7-22(8-10-26)18-30(29(38)34-16-15-32-25(19-34)20-36)13-11-24(12-14-30)23-5-3-2-4-6-23/h2-13,17,25,32,36H,14-16,18-20H2,1H3,(H2,31,37)/t25?,30-/m0/s1. The number of primary amides is 1. The Morgan fingerprint density at radius 1 is 1.16 bits per heavy atom. The van der Waals surface area contributed by atoms with Crippen molar-refractivity contribution in [2.24, 2.45) is 11.1 Å². The van der Waals surface area contributed by atoms with Gasteiger partial charge in [-0.05, 0) is 54.7 Å². The van der Waals surface area contributed by atoms with Crippen molar-refractivity contribution >= 4 is 17.4 Å². The molecule has 5 rings (SSSR count). The van der Waals surface area contributed by atoms with E-state index >= 15 is 0 Å². The Kier molecular flexibility index (Phi) is 7.26. The topological polar surface area (TPSA) is 113 Å². The van der Waals surface area contributed by atoms with Gasteiger partial charge in [-0.2, -0.15) is 5.10 Å². The molecule has 0 radical (unpaired) electrons. The van der Waals surface area contributed by atoms with Crippen LogP contribution in [-0.2, 0) is 11.2 Å². The Labute approximate surface area is 222 Å². The van der Waals surface area contributed by atoms with Gasteiger partial charge in [0.15, 0.2) is 5.69 Å². The van der Waals surface area contributed by atoms with E-state index in [1.165, 1.54) is 0 Å². The predicted molar refractivity (Wildman–Crippen MR) is 147 cm³/mol. The van der Waals surface area contributed by atoms with E-state index in [1.54, 1.807) is 10.7 Å². The molecule has 2 atom stereocenters. The van der Waals surface area contributed by atoms with Crippen LogP contribution >= 0.6 is 0 Å². The summed E-state index contributed by atoms with van der Waals surface area (Å²) >= 11 is 0. The molecular formula is C30H33N5O3. The molecule has 2 heterocycles. The monoisotopic (exact) mass is 511 g/mol. The number of carbonyl (C=O) groups is 2. The molecule has 0 saturated carbocycles. The summed E-state index contributed by atoms with van der Waals surface area (Å²) in [5.74, 6) is -0.484. The first-order chi connectivity index (χ1) is 18.4. The zero-order valence-electron chi connectivity index (χ0n) is 21.5. The number of aliphatic hydroxyl groups excluding tert-OH is 1. The van der Waals surface area contributed by atoms with E-state index in [0.717, 1.165) is 28.1 Å². The number of hydrogen-bond acceptors (Lipinski definition) is 5. The van der Waals surface area contributed by atoms with Gasteiger partial charge in [-0.15, -0.1) is 0 Å². The molecule has 0 bridgehead atoms. The largest absolute Gasteiger partial charge is 0.395 e. The zero-order chi connectivity index (χ0) is 26.7. The number of carbonyl (C=O) groups excluding carboxylic acids is 2. The molecule has 0 spiro atoms. The number of amides is 2. The van der Waals surface area contributed by atoms with Crippen LogP contribution < -0.4 is 11.1 Å². The summed E-state index contributed by atoms with van der Waals surface area (Å²) < 4.78 is 1.69. The van der Waals surface area contributed by atoms with Gasteiger partial charge in [0.05, 0.1) is 17.7 Å². The second-order valence-electron chi connectivity index (χ2n) is 10.1. The summed E-state index contributed by atoms with van der Waals surface area (Å²) in [6.07, 6.45) is 7.42. The summed E-state index contributed by atoms with van der Waals surface area (Å²) in [7, 11) is 0. The smallest absolute Gasteiger partial charge is 0.269 e. The van der Waals surface area contributed by atoms with Crippen LogP contribution in [-0.4, -0.2) is 63.9 Å². The molecule has 1 aromatic heterocycles. The third kappa shape index (κ3) is 5.18. The van der Waals surface area contributed by atoms with Crippen molar-refractivity contribution in [2.75, 3.05) is 26.2 Å². The summed E-state index contributed by atoms with van der Waals surface area (Å²) in [5.41, 5.74) is 9.78. The lowest BCUT2D eigenvalue weighted by atomic mass is 9.73. The van der Waals surface area contributed by atoms with Gasteiger partial charge in [-0.1, -0.05) is 60.7 Å². The first kappa shape index (κ1) is 25.6. The van der Waals surface area contributed by atoms with E-state index in [4.69, 9.17) is 5.73 Å². The fraction of sp³-hybridized carbons (Fsp3) is 0.300. The lowest BCUT2D eigenvalue weighted by Crippen LogP contribution is -2.57. The Bertz CT molecular complexity index is 1380. The van der Waals surface area contributed by atoms with Crippen molar-refractivity contribution in [3.8, 4) is 5.69 Å². The molecule has 1 saturated heterocycles. The molecule has 2 aromatic carbocycles. The number of nitrogens with one attached hydrogen (secondary N) is 1. The number of aryl methyl sites for hydroxylation is 1. The summed E-state index contributed by atoms with van der Waals surface area (Å²) in [5, 5.41) is 17.3. The maximum absolute atomic E-state index is 14.1. The second kappa shape index (κ2) is 10.8. The highest BCUT2D eigenvalue weighted by atomic mass is 16.3. The number of piperazine rings is 1. The average Bonchev–Trinajstić information content (AvgIpc) is 3.36. The molecule has 1 unspecified atom stereocenters. The number of rotatable bonds is 7. The Balaban J connectivity index is 1.42. The highest BCUT2D eigenvalue weighted by Crippen LogP contribution is 2.38. The zero-order valence-corrected chi connectivity index (χ0v) is 21.5. The van der Waals surface area contributed by atoms with E-state index in [9.17, 15) is 14.7 Å². The van der Waals surface area contributed by atoms with Gasteiger partial charge in [-0.3, -0.25) is 9.59 Å². The van der Waals surface area contributed by atoms with Crippen molar-refractivity contribution < 1.29 is 14.7 Å². The van der Waals surface area contributed by atoms with Crippen LogP contribution in [0.2, 0.25) is 0 Å². The Morgan fingerprint density at radius 3 is 2.55 bits per heavy atom. The predicted octanol–water partition coefficient (Wildman–Crippen LogP) is 2.64. The second-order valence-corrected chi connectivity index (χ2v) is 10.1. The number of nitrogens with zero attached hydrogens (tertiary/aromatic N) is 3.